The van der Waals surface area contributed by atoms with Gasteiger partial charge in [-0.3, -0.25) is 10.1 Å². The molecule has 0 bridgehead atoms. The van der Waals surface area contributed by atoms with Crippen LogP contribution < -0.4 is 5.73 Å². The van der Waals surface area contributed by atoms with Gasteiger partial charge in [-0.1, -0.05) is 30.3 Å². The van der Waals surface area contributed by atoms with E-state index in [9.17, 15) is 18.5 Å². The van der Waals surface area contributed by atoms with Crippen LogP contribution in [-0.2, 0) is 10.0 Å². The molecule has 1 atom stereocenters. The van der Waals surface area contributed by atoms with Crippen molar-refractivity contribution in [3.8, 4) is 0 Å². The van der Waals surface area contributed by atoms with Crippen LogP contribution in [0.1, 0.15) is 11.6 Å². The number of benzene rings is 2. The predicted octanol–water partition coefficient (Wildman–Crippen LogP) is 1.92. The van der Waals surface area contributed by atoms with Crippen molar-refractivity contribution in [3.05, 3.63) is 70.3 Å². The summed E-state index contributed by atoms with van der Waals surface area (Å²) in [5, 5.41) is 10.6. The normalized spacial score (nSPS) is 13.0. The highest BCUT2D eigenvalue weighted by atomic mass is 32.2. The van der Waals surface area contributed by atoms with E-state index in [0.29, 0.717) is 0 Å². The van der Waals surface area contributed by atoms with Crippen molar-refractivity contribution in [1.29, 1.82) is 0 Å². The van der Waals surface area contributed by atoms with Crippen LogP contribution in [0.2, 0.25) is 0 Å². The molecule has 0 radical (unpaired) electrons. The van der Waals surface area contributed by atoms with Gasteiger partial charge in [-0.15, -0.1) is 0 Å². The lowest BCUT2D eigenvalue weighted by molar-refractivity contribution is -0.384. The topological polar surface area (TPSA) is 107 Å². The molecule has 23 heavy (non-hydrogen) atoms. The summed E-state index contributed by atoms with van der Waals surface area (Å²) in [4.78, 5) is 10.0. The highest BCUT2D eigenvalue weighted by Crippen LogP contribution is 2.20. The van der Waals surface area contributed by atoms with Crippen LogP contribution in [0.25, 0.3) is 0 Å². The third-order valence-electron chi connectivity index (χ3n) is 3.44. The smallest absolute Gasteiger partial charge is 0.269 e. The Morgan fingerprint density at radius 1 is 1.13 bits per heavy atom. The number of nitro benzene ring substituents is 1. The van der Waals surface area contributed by atoms with Crippen molar-refractivity contribution < 1.29 is 13.3 Å². The van der Waals surface area contributed by atoms with Crippen molar-refractivity contribution in [1.82, 2.24) is 4.31 Å². The second-order valence-corrected chi connectivity index (χ2v) is 7.10. The Hall–Kier alpha value is -2.29. The lowest BCUT2D eigenvalue weighted by atomic mass is 10.1. The Balaban J connectivity index is 2.16. The molecule has 0 aliphatic heterocycles. The Kier molecular flexibility index (Phi) is 5.09. The number of rotatable bonds is 6. The molecular formula is C15H17N3O4S. The van der Waals surface area contributed by atoms with Gasteiger partial charge in [-0.05, 0) is 17.7 Å². The van der Waals surface area contributed by atoms with E-state index >= 15 is 0 Å². The van der Waals surface area contributed by atoms with Gasteiger partial charge in [0.25, 0.3) is 5.69 Å². The lowest BCUT2D eigenvalue weighted by Gasteiger charge is -2.21. The van der Waals surface area contributed by atoms with Gasteiger partial charge in [-0.2, -0.15) is 4.31 Å². The molecule has 0 heterocycles. The zero-order chi connectivity index (χ0) is 17.0. The van der Waals surface area contributed by atoms with E-state index < -0.39 is 21.0 Å². The first kappa shape index (κ1) is 17.1. The molecule has 0 aliphatic rings. The number of likely N-dealkylation sites (N-methyl/N-ethyl adjacent to an activating group) is 1. The van der Waals surface area contributed by atoms with Gasteiger partial charge in [0, 0.05) is 31.8 Å². The monoisotopic (exact) mass is 335 g/mol. The van der Waals surface area contributed by atoms with Crippen molar-refractivity contribution in [2.75, 3.05) is 13.6 Å². The molecule has 0 unspecified atom stereocenters. The molecular weight excluding hydrogens is 318 g/mol. The SMILES string of the molecule is CN(C[C@@H](N)c1ccccc1)S(=O)(=O)c1ccc([N+](=O)[O-])cc1. The van der Waals surface area contributed by atoms with Crippen molar-refractivity contribution >= 4 is 15.7 Å². The first-order chi connectivity index (χ1) is 10.8. The zero-order valence-electron chi connectivity index (χ0n) is 12.5. The van der Waals surface area contributed by atoms with Crippen LogP contribution in [0.4, 0.5) is 5.69 Å². The minimum Gasteiger partial charge on any atom is -0.323 e. The molecule has 0 amide bonds. The third-order valence-corrected chi connectivity index (χ3v) is 5.27. The first-order valence-corrected chi connectivity index (χ1v) is 8.27. The molecule has 2 N–H and O–H groups in total. The van der Waals surface area contributed by atoms with Gasteiger partial charge in [0.05, 0.1) is 9.82 Å². The lowest BCUT2D eigenvalue weighted by Crippen LogP contribution is -2.34. The fraction of sp³-hybridized carbons (Fsp3) is 0.200. The van der Waals surface area contributed by atoms with E-state index in [2.05, 4.69) is 0 Å². The van der Waals surface area contributed by atoms with E-state index in [1.165, 1.54) is 19.2 Å². The summed E-state index contributed by atoms with van der Waals surface area (Å²) in [6.07, 6.45) is 0. The Morgan fingerprint density at radius 2 is 1.70 bits per heavy atom. The molecule has 0 saturated carbocycles. The highest BCUT2D eigenvalue weighted by Gasteiger charge is 2.23. The van der Waals surface area contributed by atoms with Gasteiger partial charge in [0.15, 0.2) is 0 Å². The summed E-state index contributed by atoms with van der Waals surface area (Å²) in [7, 11) is -2.32. The van der Waals surface area contributed by atoms with E-state index in [4.69, 9.17) is 5.73 Å². The summed E-state index contributed by atoms with van der Waals surface area (Å²) in [5.41, 5.74) is 6.71. The minimum atomic E-state index is -3.75. The van der Waals surface area contributed by atoms with Crippen molar-refractivity contribution in [2.45, 2.75) is 10.9 Å². The zero-order valence-corrected chi connectivity index (χ0v) is 13.3. The molecule has 0 fully saturated rings. The molecule has 0 spiro atoms. The van der Waals surface area contributed by atoms with E-state index in [0.717, 1.165) is 22.0 Å². The average Bonchev–Trinajstić information content (AvgIpc) is 2.55. The molecule has 2 aromatic rings. The largest absolute Gasteiger partial charge is 0.323 e. The van der Waals surface area contributed by atoms with Crippen LogP contribution in [-0.4, -0.2) is 31.2 Å². The molecule has 8 heteroatoms. The number of hydrogen-bond acceptors (Lipinski definition) is 5. The van der Waals surface area contributed by atoms with Gasteiger partial charge >= 0.3 is 0 Å². The van der Waals surface area contributed by atoms with Crippen molar-refractivity contribution in [3.63, 3.8) is 0 Å². The van der Waals surface area contributed by atoms with Crippen molar-refractivity contribution in [2.24, 2.45) is 5.73 Å². The quantitative estimate of drug-likeness (QED) is 0.641. The predicted molar refractivity (Wildman–Crippen MR) is 86.3 cm³/mol. The summed E-state index contributed by atoms with van der Waals surface area (Å²) in [6.45, 7) is 0.101. The van der Waals surface area contributed by atoms with Crippen LogP contribution in [0.3, 0.4) is 0 Å². The van der Waals surface area contributed by atoms with Crippen LogP contribution >= 0.6 is 0 Å². The number of sulfonamides is 1. The van der Waals surface area contributed by atoms with Gasteiger partial charge in [-0.25, -0.2) is 8.42 Å². The highest BCUT2D eigenvalue weighted by molar-refractivity contribution is 7.89. The van der Waals surface area contributed by atoms with Gasteiger partial charge in [0.1, 0.15) is 0 Å². The molecule has 7 nitrogen and oxygen atoms in total. The number of hydrogen-bond donors (Lipinski definition) is 1. The summed E-state index contributed by atoms with van der Waals surface area (Å²) in [5.74, 6) is 0. The number of nitro groups is 1. The third kappa shape index (κ3) is 3.92. The number of nitrogens with zero attached hydrogens (tertiary/aromatic N) is 2. The summed E-state index contributed by atoms with van der Waals surface area (Å²) < 4.78 is 26.1. The average molecular weight is 335 g/mol. The Bertz CT molecular complexity index is 776. The van der Waals surface area contributed by atoms with E-state index in [-0.39, 0.29) is 17.1 Å². The van der Waals surface area contributed by atoms with Crippen LogP contribution in [0, 0.1) is 10.1 Å². The maximum absolute atomic E-state index is 12.5. The van der Waals surface area contributed by atoms with Crippen LogP contribution in [0.5, 0.6) is 0 Å². The van der Waals surface area contributed by atoms with E-state index in [1.54, 1.807) is 0 Å². The fourth-order valence-corrected chi connectivity index (χ4v) is 3.30. The molecule has 0 aromatic heterocycles. The number of nitrogens with two attached hydrogens (primary N) is 1. The summed E-state index contributed by atoms with van der Waals surface area (Å²) >= 11 is 0. The Labute approximate surface area is 134 Å². The second kappa shape index (κ2) is 6.86. The molecule has 2 rings (SSSR count). The minimum absolute atomic E-state index is 0.00846. The molecule has 122 valence electrons. The van der Waals surface area contributed by atoms with Gasteiger partial charge in [0.2, 0.25) is 10.0 Å². The Morgan fingerprint density at radius 3 is 2.22 bits per heavy atom. The van der Waals surface area contributed by atoms with Crippen LogP contribution in [0.15, 0.2) is 59.5 Å². The second-order valence-electron chi connectivity index (χ2n) is 5.05. The summed E-state index contributed by atoms with van der Waals surface area (Å²) in [6, 6.07) is 13.5. The standard InChI is InChI=1S/C15H17N3O4S/c1-17(11-15(16)12-5-3-2-4-6-12)23(21,22)14-9-7-13(8-10-14)18(19)20/h2-10,15H,11,16H2,1H3/t15-/m1/s1. The fourth-order valence-electron chi connectivity index (χ4n) is 2.10. The molecule has 2 aromatic carbocycles. The number of non-ortho nitro benzene ring substituents is 1. The van der Waals surface area contributed by atoms with Gasteiger partial charge < -0.3 is 5.73 Å². The maximum atomic E-state index is 12.5. The molecule has 0 saturated heterocycles. The maximum Gasteiger partial charge on any atom is 0.269 e. The molecule has 0 aliphatic carbocycles. The van der Waals surface area contributed by atoms with E-state index in [1.807, 2.05) is 30.3 Å². The first-order valence-electron chi connectivity index (χ1n) is 6.83.